The zero-order valence-electron chi connectivity index (χ0n) is 25.3. The van der Waals surface area contributed by atoms with E-state index in [1.165, 1.54) is 4.31 Å². The van der Waals surface area contributed by atoms with Gasteiger partial charge in [0.25, 0.3) is 0 Å². The van der Waals surface area contributed by atoms with Gasteiger partial charge in [-0.3, -0.25) is 13.9 Å². The van der Waals surface area contributed by atoms with Crippen LogP contribution in [-0.4, -0.2) is 57.1 Å². The first-order valence-corrected chi connectivity index (χ1v) is 16.8. The van der Waals surface area contributed by atoms with E-state index in [-0.39, 0.29) is 43.7 Å². The fraction of sp³-hybridized carbons (Fsp3) is 0.394. The number of anilines is 1. The van der Waals surface area contributed by atoms with Crippen molar-refractivity contribution in [1.29, 1.82) is 0 Å². The third kappa shape index (κ3) is 10.3. The first-order valence-electron chi connectivity index (χ1n) is 14.5. The summed E-state index contributed by atoms with van der Waals surface area (Å²) in [6, 6.07) is 23.0. The molecule has 0 saturated carbocycles. The highest BCUT2D eigenvalue weighted by Gasteiger charge is 2.31. The minimum atomic E-state index is -3.67. The van der Waals surface area contributed by atoms with Crippen LogP contribution in [0.1, 0.15) is 44.7 Å². The van der Waals surface area contributed by atoms with Gasteiger partial charge in [-0.2, -0.15) is 0 Å². The van der Waals surface area contributed by atoms with Crippen LogP contribution in [0.5, 0.6) is 5.75 Å². The van der Waals surface area contributed by atoms with E-state index in [0.717, 1.165) is 17.4 Å². The quantitative estimate of drug-likeness (QED) is 0.220. The van der Waals surface area contributed by atoms with Crippen LogP contribution in [0.2, 0.25) is 5.02 Å². The van der Waals surface area contributed by atoms with E-state index in [1.807, 2.05) is 69.3 Å². The molecule has 0 heterocycles. The third-order valence-electron chi connectivity index (χ3n) is 6.84. The third-order valence-corrected chi connectivity index (χ3v) is 8.39. The lowest BCUT2D eigenvalue weighted by atomic mass is 10.0. The molecule has 0 spiro atoms. The summed E-state index contributed by atoms with van der Waals surface area (Å²) in [6.07, 6.45) is 1.71. The van der Waals surface area contributed by atoms with Crippen LogP contribution in [0.4, 0.5) is 5.69 Å². The summed E-state index contributed by atoms with van der Waals surface area (Å²) < 4.78 is 32.6. The molecule has 0 aliphatic carbocycles. The van der Waals surface area contributed by atoms with Crippen LogP contribution >= 0.6 is 11.6 Å². The number of nitrogens with one attached hydrogen (secondary N) is 1. The number of nitrogens with zero attached hydrogens (tertiary/aromatic N) is 2. The predicted octanol–water partition coefficient (Wildman–Crippen LogP) is 5.70. The van der Waals surface area contributed by atoms with Gasteiger partial charge in [-0.25, -0.2) is 8.42 Å². The molecule has 1 N–H and O–H groups in total. The fourth-order valence-corrected chi connectivity index (χ4v) is 5.87. The largest absolute Gasteiger partial charge is 0.492 e. The van der Waals surface area contributed by atoms with Gasteiger partial charge >= 0.3 is 0 Å². The minimum absolute atomic E-state index is 0.0238. The van der Waals surface area contributed by atoms with Crippen LogP contribution in [0.25, 0.3) is 0 Å². The standard InChI is InChI=1S/C33H42ClN3O5S/c1-5-42-31-19-12-11-18-29(31)37(43(4,40)41)21-13-20-32(38)36(24-27-16-9-10-17-28(27)34)30(33(39)35-23-25(2)3)22-26-14-7-6-8-15-26/h6-12,14-19,25,30H,5,13,20-24H2,1-4H3,(H,35,39)/t30-/m1/s1. The Kier molecular flexibility index (Phi) is 12.9. The Labute approximate surface area is 261 Å². The number of hydrogen-bond acceptors (Lipinski definition) is 5. The zero-order valence-corrected chi connectivity index (χ0v) is 26.9. The van der Waals surface area contributed by atoms with Gasteiger partial charge in [-0.15, -0.1) is 0 Å². The number of sulfonamides is 1. The molecule has 0 aliphatic rings. The van der Waals surface area contributed by atoms with Gasteiger partial charge in [-0.05, 0) is 48.6 Å². The van der Waals surface area contributed by atoms with Crippen molar-refractivity contribution in [3.05, 3.63) is 95.0 Å². The molecular weight excluding hydrogens is 586 g/mol. The summed E-state index contributed by atoms with van der Waals surface area (Å²) >= 11 is 6.50. The highest BCUT2D eigenvalue weighted by Crippen LogP contribution is 2.30. The van der Waals surface area contributed by atoms with Crippen molar-refractivity contribution in [2.75, 3.05) is 30.3 Å². The molecule has 0 fully saturated rings. The van der Waals surface area contributed by atoms with E-state index in [9.17, 15) is 18.0 Å². The zero-order chi connectivity index (χ0) is 31.4. The lowest BCUT2D eigenvalue weighted by Crippen LogP contribution is -2.51. The van der Waals surface area contributed by atoms with Crippen LogP contribution in [0.3, 0.4) is 0 Å². The Morgan fingerprint density at radius 1 is 0.953 bits per heavy atom. The van der Waals surface area contributed by atoms with Crippen LogP contribution in [0.15, 0.2) is 78.9 Å². The van der Waals surface area contributed by atoms with Gasteiger partial charge in [0.2, 0.25) is 21.8 Å². The molecule has 232 valence electrons. The molecule has 3 aromatic carbocycles. The molecular formula is C33H42ClN3O5S. The average molecular weight is 628 g/mol. The molecule has 0 aromatic heterocycles. The Morgan fingerprint density at radius 3 is 2.26 bits per heavy atom. The van der Waals surface area contributed by atoms with Crippen molar-refractivity contribution in [1.82, 2.24) is 10.2 Å². The molecule has 3 rings (SSSR count). The molecule has 1 atom stereocenters. The van der Waals surface area contributed by atoms with Crippen molar-refractivity contribution < 1.29 is 22.7 Å². The van der Waals surface area contributed by atoms with Crippen molar-refractivity contribution in [2.45, 2.75) is 52.6 Å². The van der Waals surface area contributed by atoms with Crippen LogP contribution in [-0.2, 0) is 32.6 Å². The molecule has 10 heteroatoms. The van der Waals surface area contributed by atoms with Gasteiger partial charge in [-0.1, -0.05) is 86.1 Å². The lowest BCUT2D eigenvalue weighted by Gasteiger charge is -2.32. The Morgan fingerprint density at radius 2 is 1.60 bits per heavy atom. The van der Waals surface area contributed by atoms with Gasteiger partial charge in [0.05, 0.1) is 18.6 Å². The monoisotopic (exact) mass is 627 g/mol. The second kappa shape index (κ2) is 16.3. The molecule has 2 amide bonds. The molecule has 0 saturated heterocycles. The van der Waals surface area contributed by atoms with Crippen LogP contribution < -0.4 is 14.4 Å². The minimum Gasteiger partial charge on any atom is -0.492 e. The number of carbonyl (C=O) groups is 2. The summed E-state index contributed by atoms with van der Waals surface area (Å²) in [6.45, 7) is 6.90. The topological polar surface area (TPSA) is 96.0 Å². The number of amides is 2. The number of para-hydroxylation sites is 2. The van der Waals surface area contributed by atoms with E-state index >= 15 is 0 Å². The van der Waals surface area contributed by atoms with Gasteiger partial charge in [0.1, 0.15) is 11.8 Å². The highest BCUT2D eigenvalue weighted by atomic mass is 35.5. The highest BCUT2D eigenvalue weighted by molar-refractivity contribution is 7.92. The average Bonchev–Trinajstić information content (AvgIpc) is 2.97. The summed E-state index contributed by atoms with van der Waals surface area (Å²) in [4.78, 5) is 29.2. The maximum Gasteiger partial charge on any atom is 0.243 e. The molecule has 8 nitrogen and oxygen atoms in total. The van der Waals surface area contributed by atoms with Gasteiger partial charge in [0, 0.05) is 37.5 Å². The van der Waals surface area contributed by atoms with E-state index in [0.29, 0.717) is 36.0 Å². The first kappa shape index (κ1) is 33.9. The summed E-state index contributed by atoms with van der Waals surface area (Å²) in [5, 5.41) is 3.50. The molecule has 0 unspecified atom stereocenters. The van der Waals surface area contributed by atoms with Crippen molar-refractivity contribution in [3.63, 3.8) is 0 Å². The maximum absolute atomic E-state index is 14.0. The van der Waals surface area contributed by atoms with Crippen molar-refractivity contribution in [3.8, 4) is 5.75 Å². The Hall–Kier alpha value is -3.56. The summed E-state index contributed by atoms with van der Waals surface area (Å²) in [5.74, 6) is 0.163. The van der Waals surface area contributed by atoms with E-state index in [1.54, 1.807) is 35.2 Å². The second-order valence-corrected chi connectivity index (χ2v) is 13.1. The van der Waals surface area contributed by atoms with Crippen LogP contribution in [0, 0.1) is 5.92 Å². The van der Waals surface area contributed by atoms with E-state index in [4.69, 9.17) is 16.3 Å². The van der Waals surface area contributed by atoms with Gasteiger partial charge < -0.3 is 15.0 Å². The number of ether oxygens (including phenoxy) is 1. The molecule has 43 heavy (non-hydrogen) atoms. The first-order chi connectivity index (χ1) is 20.5. The number of carbonyl (C=O) groups excluding carboxylic acids is 2. The normalized spacial score (nSPS) is 12.0. The Balaban J connectivity index is 1.90. The fourth-order valence-electron chi connectivity index (χ4n) is 4.71. The number of benzene rings is 3. The molecule has 0 radical (unpaired) electrons. The molecule has 0 bridgehead atoms. The number of halogens is 1. The lowest BCUT2D eigenvalue weighted by molar-refractivity contribution is -0.141. The molecule has 0 aliphatic heterocycles. The van der Waals surface area contributed by atoms with E-state index < -0.39 is 16.1 Å². The van der Waals surface area contributed by atoms with E-state index in [2.05, 4.69) is 5.32 Å². The number of rotatable bonds is 16. The van der Waals surface area contributed by atoms with Crippen molar-refractivity contribution in [2.24, 2.45) is 5.92 Å². The predicted molar refractivity (Wildman–Crippen MR) is 173 cm³/mol. The summed E-state index contributed by atoms with van der Waals surface area (Å²) in [7, 11) is -3.67. The maximum atomic E-state index is 14.0. The second-order valence-electron chi connectivity index (χ2n) is 10.8. The number of hydrogen-bond donors (Lipinski definition) is 1. The summed E-state index contributed by atoms with van der Waals surface area (Å²) in [5.41, 5.74) is 2.05. The SMILES string of the molecule is CCOc1ccccc1N(CCCC(=O)N(Cc1ccccc1Cl)[C@H](Cc1ccccc1)C(=O)NCC(C)C)S(C)(=O)=O. The molecule has 3 aromatic rings. The van der Waals surface area contributed by atoms with Crippen molar-refractivity contribution >= 4 is 39.1 Å². The smallest absolute Gasteiger partial charge is 0.243 e. The van der Waals surface area contributed by atoms with Gasteiger partial charge in [0.15, 0.2) is 0 Å². The Bertz CT molecular complexity index is 1450.